The highest BCUT2D eigenvalue weighted by Crippen LogP contribution is 2.03. The highest BCUT2D eigenvalue weighted by molar-refractivity contribution is 5.83. The molecule has 0 aliphatic heterocycles. The minimum atomic E-state index is -0.526. The third-order valence-corrected chi connectivity index (χ3v) is 1.85. The van der Waals surface area contributed by atoms with Gasteiger partial charge < -0.3 is 10.1 Å². The van der Waals surface area contributed by atoms with E-state index in [0.29, 0.717) is 13.0 Å². The van der Waals surface area contributed by atoms with Crippen molar-refractivity contribution < 1.29 is 14.3 Å². The number of hydrogen-bond donors (Lipinski definition) is 1. The predicted octanol–water partition coefficient (Wildman–Crippen LogP) is 1.41. The van der Waals surface area contributed by atoms with Gasteiger partial charge in [0.25, 0.3) is 0 Å². The van der Waals surface area contributed by atoms with Crippen LogP contribution in [0.25, 0.3) is 0 Å². The molecule has 0 heterocycles. The average molecular weight is 213 g/mol. The molecule has 4 heteroatoms. The molecule has 1 N–H and O–H groups in total. The van der Waals surface area contributed by atoms with Crippen molar-refractivity contribution in [1.82, 2.24) is 5.32 Å². The van der Waals surface area contributed by atoms with Crippen LogP contribution in [0.1, 0.15) is 33.1 Å². The van der Waals surface area contributed by atoms with Crippen LogP contribution in [0.4, 0.5) is 0 Å². The lowest BCUT2D eigenvalue weighted by Crippen LogP contribution is -2.40. The number of ether oxygens (including phenoxy) is 1. The minimum Gasteiger partial charge on any atom is -0.464 e. The summed E-state index contributed by atoms with van der Waals surface area (Å²) in [6, 6.07) is -0.526. The van der Waals surface area contributed by atoms with Crippen LogP contribution in [-0.2, 0) is 14.3 Å². The van der Waals surface area contributed by atoms with Gasteiger partial charge in [-0.3, -0.25) is 4.79 Å². The summed E-state index contributed by atoms with van der Waals surface area (Å²) in [6.07, 6.45) is 4.02. The molecule has 4 nitrogen and oxygen atoms in total. The normalized spacial score (nSPS) is 11.6. The Bertz CT molecular complexity index is 226. The highest BCUT2D eigenvalue weighted by Gasteiger charge is 2.19. The van der Waals surface area contributed by atoms with Crippen molar-refractivity contribution in [1.29, 1.82) is 0 Å². The fourth-order valence-electron chi connectivity index (χ4n) is 1.20. The van der Waals surface area contributed by atoms with E-state index in [0.717, 1.165) is 12.8 Å². The van der Waals surface area contributed by atoms with Gasteiger partial charge in [-0.05, 0) is 26.2 Å². The van der Waals surface area contributed by atoms with Crippen molar-refractivity contribution >= 4 is 11.9 Å². The van der Waals surface area contributed by atoms with Crippen molar-refractivity contribution in [2.24, 2.45) is 0 Å². The molecule has 0 saturated carbocycles. The van der Waals surface area contributed by atoms with Crippen LogP contribution in [0.3, 0.4) is 0 Å². The lowest BCUT2D eigenvalue weighted by Gasteiger charge is -2.15. The molecule has 86 valence electrons. The number of carbonyl (C=O) groups excluding carboxylic acids is 2. The molecular formula is C11H19NO3. The van der Waals surface area contributed by atoms with E-state index in [1.54, 1.807) is 13.0 Å². The SMILES string of the molecule is C=CCCC[C@@H](NC(C)=O)C(=O)OCC. The molecule has 0 aromatic heterocycles. The van der Waals surface area contributed by atoms with Gasteiger partial charge in [0.1, 0.15) is 6.04 Å². The summed E-state index contributed by atoms with van der Waals surface area (Å²) >= 11 is 0. The second kappa shape index (κ2) is 8.03. The average Bonchev–Trinajstić information content (AvgIpc) is 2.16. The van der Waals surface area contributed by atoms with E-state index in [1.165, 1.54) is 6.92 Å². The van der Waals surface area contributed by atoms with Gasteiger partial charge >= 0.3 is 5.97 Å². The van der Waals surface area contributed by atoms with Crippen LogP contribution >= 0.6 is 0 Å². The molecule has 0 aromatic rings. The summed E-state index contributed by atoms with van der Waals surface area (Å²) in [5.41, 5.74) is 0. The lowest BCUT2D eigenvalue weighted by molar-refractivity contribution is -0.147. The van der Waals surface area contributed by atoms with E-state index in [2.05, 4.69) is 11.9 Å². The summed E-state index contributed by atoms with van der Waals surface area (Å²) in [5.74, 6) is -0.580. The molecule has 0 fully saturated rings. The van der Waals surface area contributed by atoms with Gasteiger partial charge in [-0.15, -0.1) is 6.58 Å². The maximum Gasteiger partial charge on any atom is 0.328 e. The Labute approximate surface area is 90.7 Å². The van der Waals surface area contributed by atoms with Crippen molar-refractivity contribution in [3.63, 3.8) is 0 Å². The topological polar surface area (TPSA) is 55.4 Å². The number of nitrogens with one attached hydrogen (secondary N) is 1. The number of rotatable bonds is 7. The van der Waals surface area contributed by atoms with Crippen molar-refractivity contribution in [2.45, 2.75) is 39.2 Å². The first kappa shape index (κ1) is 13.7. The van der Waals surface area contributed by atoms with Crippen molar-refractivity contribution in [3.05, 3.63) is 12.7 Å². The Morgan fingerprint density at radius 2 is 2.20 bits per heavy atom. The zero-order valence-corrected chi connectivity index (χ0v) is 9.41. The quantitative estimate of drug-likeness (QED) is 0.395. The van der Waals surface area contributed by atoms with E-state index in [9.17, 15) is 9.59 Å². The van der Waals surface area contributed by atoms with Gasteiger partial charge in [-0.25, -0.2) is 4.79 Å². The van der Waals surface area contributed by atoms with Gasteiger partial charge in [-0.1, -0.05) is 6.08 Å². The van der Waals surface area contributed by atoms with Crippen LogP contribution in [0.2, 0.25) is 0 Å². The van der Waals surface area contributed by atoms with Crippen LogP contribution in [0, 0.1) is 0 Å². The Balaban J connectivity index is 4.10. The lowest BCUT2D eigenvalue weighted by atomic mass is 10.1. The summed E-state index contributed by atoms with van der Waals surface area (Å²) < 4.78 is 4.86. The number of amides is 1. The Morgan fingerprint density at radius 1 is 1.53 bits per heavy atom. The number of unbranched alkanes of at least 4 members (excludes halogenated alkanes) is 1. The molecule has 0 rings (SSSR count). The molecular weight excluding hydrogens is 194 g/mol. The van der Waals surface area contributed by atoms with Crippen molar-refractivity contribution in [2.75, 3.05) is 6.61 Å². The fourth-order valence-corrected chi connectivity index (χ4v) is 1.20. The number of esters is 1. The third kappa shape index (κ3) is 6.71. The molecule has 0 aliphatic rings. The van der Waals surface area contributed by atoms with Crippen molar-refractivity contribution in [3.8, 4) is 0 Å². The summed E-state index contributed by atoms with van der Waals surface area (Å²) in [7, 11) is 0. The summed E-state index contributed by atoms with van der Waals surface area (Å²) in [4.78, 5) is 22.3. The Kier molecular flexibility index (Phi) is 7.32. The van der Waals surface area contributed by atoms with E-state index >= 15 is 0 Å². The van der Waals surface area contributed by atoms with Gasteiger partial charge in [-0.2, -0.15) is 0 Å². The first-order valence-electron chi connectivity index (χ1n) is 5.16. The minimum absolute atomic E-state index is 0.216. The fraction of sp³-hybridized carbons (Fsp3) is 0.636. The molecule has 15 heavy (non-hydrogen) atoms. The van der Waals surface area contributed by atoms with Crippen LogP contribution < -0.4 is 5.32 Å². The van der Waals surface area contributed by atoms with E-state index in [1.807, 2.05) is 0 Å². The monoisotopic (exact) mass is 213 g/mol. The summed E-state index contributed by atoms with van der Waals surface area (Å²) in [6.45, 7) is 7.06. The van der Waals surface area contributed by atoms with Gasteiger partial charge in [0.2, 0.25) is 5.91 Å². The second-order valence-corrected chi connectivity index (χ2v) is 3.22. The van der Waals surface area contributed by atoms with Gasteiger partial charge in [0.15, 0.2) is 0 Å². The first-order valence-corrected chi connectivity index (χ1v) is 5.16. The number of hydrogen-bond acceptors (Lipinski definition) is 3. The maximum absolute atomic E-state index is 11.4. The zero-order valence-electron chi connectivity index (χ0n) is 9.41. The molecule has 1 atom stereocenters. The maximum atomic E-state index is 11.4. The number of allylic oxidation sites excluding steroid dienone is 1. The zero-order chi connectivity index (χ0) is 11.7. The highest BCUT2D eigenvalue weighted by atomic mass is 16.5. The largest absolute Gasteiger partial charge is 0.464 e. The van der Waals surface area contributed by atoms with E-state index in [-0.39, 0.29) is 11.9 Å². The molecule has 0 saturated heterocycles. The standard InChI is InChI=1S/C11H19NO3/c1-4-6-7-8-10(12-9(3)13)11(14)15-5-2/h4,10H,1,5-8H2,2-3H3,(H,12,13)/t10-/m1/s1. The second-order valence-electron chi connectivity index (χ2n) is 3.22. The van der Waals surface area contributed by atoms with E-state index < -0.39 is 6.04 Å². The smallest absolute Gasteiger partial charge is 0.328 e. The van der Waals surface area contributed by atoms with Gasteiger partial charge in [0, 0.05) is 6.92 Å². The van der Waals surface area contributed by atoms with Crippen LogP contribution in [0.15, 0.2) is 12.7 Å². The third-order valence-electron chi connectivity index (χ3n) is 1.85. The first-order chi connectivity index (χ1) is 7.11. The summed E-state index contributed by atoms with van der Waals surface area (Å²) in [5, 5.41) is 2.58. The van der Waals surface area contributed by atoms with Crippen LogP contribution in [-0.4, -0.2) is 24.5 Å². The predicted molar refractivity (Wildman–Crippen MR) is 58.3 cm³/mol. The Hall–Kier alpha value is -1.32. The number of carbonyl (C=O) groups is 2. The Morgan fingerprint density at radius 3 is 2.67 bits per heavy atom. The molecule has 0 unspecified atom stereocenters. The van der Waals surface area contributed by atoms with E-state index in [4.69, 9.17) is 4.74 Å². The molecule has 0 aromatic carbocycles. The van der Waals surface area contributed by atoms with Crippen LogP contribution in [0.5, 0.6) is 0 Å². The molecule has 1 amide bonds. The molecule has 0 spiro atoms. The van der Waals surface area contributed by atoms with Gasteiger partial charge in [0.05, 0.1) is 6.61 Å². The molecule has 0 bridgehead atoms. The molecule has 0 radical (unpaired) electrons. The molecule has 0 aliphatic carbocycles.